The zero-order chi connectivity index (χ0) is 21.7. The largest absolute Gasteiger partial charge is 0.416 e. The third kappa shape index (κ3) is 5.05. The highest BCUT2D eigenvalue weighted by atomic mass is 19.4. The molecule has 2 amide bonds. The Balaban J connectivity index is 1.90. The summed E-state index contributed by atoms with van der Waals surface area (Å²) in [5.41, 5.74) is 6.52. The molecule has 3 aromatic carbocycles. The number of halogens is 3. The number of alkyl halides is 3. The Morgan fingerprint density at radius 3 is 2.07 bits per heavy atom. The highest BCUT2D eigenvalue weighted by molar-refractivity contribution is 6.01. The molecule has 0 bridgehead atoms. The smallest absolute Gasteiger partial charge is 0.370 e. The van der Waals surface area contributed by atoms with E-state index in [0.717, 1.165) is 17.7 Å². The van der Waals surface area contributed by atoms with Crippen molar-refractivity contribution in [2.75, 3.05) is 0 Å². The Morgan fingerprint density at radius 2 is 1.47 bits per heavy atom. The fraction of sp³-hybridized carbons (Fsp3) is 0.130. The Bertz CT molecular complexity index is 1030. The number of hydrogen-bond donors (Lipinski definition) is 2. The minimum Gasteiger partial charge on any atom is -0.370 e. The molecule has 0 saturated carbocycles. The van der Waals surface area contributed by atoms with Crippen molar-refractivity contribution in [3.05, 3.63) is 95.6 Å². The van der Waals surface area contributed by atoms with Gasteiger partial charge in [-0.05, 0) is 34.9 Å². The molecule has 3 aromatic rings. The fourth-order valence-corrected chi connectivity index (χ4v) is 3.15. The zero-order valence-electron chi connectivity index (χ0n) is 15.8. The first-order chi connectivity index (χ1) is 14.3. The molecule has 3 rings (SSSR count). The lowest BCUT2D eigenvalue weighted by molar-refractivity contribution is -0.137. The number of carbonyl (C=O) groups is 2. The van der Waals surface area contributed by atoms with Crippen LogP contribution in [0.25, 0.3) is 11.1 Å². The molecule has 0 unspecified atom stereocenters. The van der Waals surface area contributed by atoms with Crippen LogP contribution in [0.3, 0.4) is 0 Å². The van der Waals surface area contributed by atoms with Gasteiger partial charge in [-0.2, -0.15) is 13.2 Å². The number of amides is 2. The molecule has 0 radical (unpaired) electrons. The summed E-state index contributed by atoms with van der Waals surface area (Å²) in [7, 11) is 0. The summed E-state index contributed by atoms with van der Waals surface area (Å²) in [4.78, 5) is 24.5. The minimum atomic E-state index is -4.44. The van der Waals surface area contributed by atoms with Gasteiger partial charge in [-0.3, -0.25) is 9.59 Å². The maximum absolute atomic E-state index is 13.0. The molecule has 7 heteroatoms. The average molecular weight is 412 g/mol. The van der Waals surface area contributed by atoms with E-state index in [2.05, 4.69) is 5.32 Å². The summed E-state index contributed by atoms with van der Waals surface area (Å²) in [6.45, 7) is 0. The van der Waals surface area contributed by atoms with Gasteiger partial charge in [0.15, 0.2) is 0 Å². The van der Waals surface area contributed by atoms with Crippen LogP contribution in [0.5, 0.6) is 0 Å². The summed E-state index contributed by atoms with van der Waals surface area (Å²) in [6, 6.07) is 19.5. The second-order valence-electron chi connectivity index (χ2n) is 6.73. The van der Waals surface area contributed by atoms with Crippen molar-refractivity contribution in [1.82, 2.24) is 5.32 Å². The Hall–Kier alpha value is -3.61. The van der Waals surface area contributed by atoms with Gasteiger partial charge in [0, 0.05) is 5.56 Å². The molecule has 1 atom stereocenters. The molecule has 4 nitrogen and oxygen atoms in total. The first-order valence-electron chi connectivity index (χ1n) is 9.16. The van der Waals surface area contributed by atoms with E-state index in [1.54, 1.807) is 48.5 Å². The Morgan fingerprint density at radius 1 is 0.867 bits per heavy atom. The molecule has 0 spiro atoms. The molecule has 0 aromatic heterocycles. The predicted octanol–water partition coefficient (Wildman–Crippen LogP) is 4.72. The second-order valence-corrected chi connectivity index (χ2v) is 6.73. The van der Waals surface area contributed by atoms with Gasteiger partial charge >= 0.3 is 6.18 Å². The number of nitrogens with two attached hydrogens (primary N) is 1. The van der Waals surface area contributed by atoms with Crippen molar-refractivity contribution in [1.29, 1.82) is 0 Å². The maximum atomic E-state index is 13.0. The first-order valence-corrected chi connectivity index (χ1v) is 9.16. The molecule has 3 N–H and O–H groups in total. The molecular formula is C23H19F3N2O2. The molecule has 0 aliphatic rings. The van der Waals surface area contributed by atoms with Crippen LogP contribution in [0.1, 0.15) is 33.9 Å². The van der Waals surface area contributed by atoms with Crippen LogP contribution in [0.15, 0.2) is 78.9 Å². The number of nitrogens with one attached hydrogen (secondary N) is 1. The van der Waals surface area contributed by atoms with Crippen molar-refractivity contribution in [3.8, 4) is 11.1 Å². The minimum absolute atomic E-state index is 0.0851. The molecule has 154 valence electrons. The van der Waals surface area contributed by atoms with Crippen LogP contribution in [-0.4, -0.2) is 11.8 Å². The van der Waals surface area contributed by atoms with Gasteiger partial charge < -0.3 is 11.1 Å². The number of primary amides is 1. The topological polar surface area (TPSA) is 72.2 Å². The number of hydrogen-bond acceptors (Lipinski definition) is 2. The number of benzene rings is 3. The van der Waals surface area contributed by atoms with Crippen molar-refractivity contribution >= 4 is 11.8 Å². The zero-order valence-corrected chi connectivity index (χ0v) is 15.8. The highest BCUT2D eigenvalue weighted by Gasteiger charge is 2.30. The normalized spacial score (nSPS) is 12.2. The van der Waals surface area contributed by atoms with E-state index in [1.807, 2.05) is 6.07 Å². The molecule has 0 aliphatic heterocycles. The second kappa shape index (κ2) is 8.82. The summed E-state index contributed by atoms with van der Waals surface area (Å²) in [6.07, 6.45) is -4.52. The van der Waals surface area contributed by atoms with Gasteiger partial charge in [-0.15, -0.1) is 0 Å². The van der Waals surface area contributed by atoms with Gasteiger partial charge in [0.2, 0.25) is 5.91 Å². The molecule has 30 heavy (non-hydrogen) atoms. The van der Waals surface area contributed by atoms with Crippen LogP contribution in [0.4, 0.5) is 13.2 Å². The number of rotatable bonds is 6. The van der Waals surface area contributed by atoms with Crippen molar-refractivity contribution in [2.45, 2.75) is 18.6 Å². The van der Waals surface area contributed by atoms with E-state index in [4.69, 9.17) is 5.73 Å². The first kappa shape index (κ1) is 21.1. The molecular weight excluding hydrogens is 393 g/mol. The fourth-order valence-electron chi connectivity index (χ4n) is 3.15. The summed E-state index contributed by atoms with van der Waals surface area (Å²) >= 11 is 0. The predicted molar refractivity (Wildman–Crippen MR) is 107 cm³/mol. The standard InChI is InChI=1S/C23H19F3N2O2/c24-23(25,26)17-12-10-15(11-13-17)18-8-4-5-9-19(18)22(30)28-20(14-21(27)29)16-6-2-1-3-7-16/h1-13,20H,14H2,(H2,27,29)(H,28,30)/t20-/m0/s1. The summed E-state index contributed by atoms with van der Waals surface area (Å²) < 4.78 is 38.5. The van der Waals surface area contributed by atoms with Crippen molar-refractivity contribution in [2.24, 2.45) is 5.73 Å². The van der Waals surface area contributed by atoms with Gasteiger partial charge in [0.05, 0.1) is 18.0 Å². The van der Waals surface area contributed by atoms with E-state index < -0.39 is 29.6 Å². The third-order valence-corrected chi connectivity index (χ3v) is 4.61. The Labute approximate surface area is 171 Å². The van der Waals surface area contributed by atoms with Crippen molar-refractivity contribution in [3.63, 3.8) is 0 Å². The van der Waals surface area contributed by atoms with Gasteiger partial charge in [0.1, 0.15) is 0 Å². The summed E-state index contributed by atoms with van der Waals surface area (Å²) in [5, 5.41) is 2.81. The molecule has 0 heterocycles. The molecule has 0 aliphatic carbocycles. The molecule has 0 fully saturated rings. The van der Waals surface area contributed by atoms with Crippen LogP contribution in [-0.2, 0) is 11.0 Å². The van der Waals surface area contributed by atoms with Crippen LogP contribution in [0, 0.1) is 0 Å². The monoisotopic (exact) mass is 412 g/mol. The van der Waals surface area contributed by atoms with E-state index in [-0.39, 0.29) is 12.0 Å². The lowest BCUT2D eigenvalue weighted by Crippen LogP contribution is -2.32. The van der Waals surface area contributed by atoms with E-state index in [0.29, 0.717) is 11.1 Å². The van der Waals surface area contributed by atoms with Crippen LogP contribution >= 0.6 is 0 Å². The Kier molecular flexibility index (Phi) is 6.20. The summed E-state index contributed by atoms with van der Waals surface area (Å²) in [5.74, 6) is -1.03. The SMILES string of the molecule is NC(=O)C[C@H](NC(=O)c1ccccc1-c1ccc(C(F)(F)F)cc1)c1ccccc1. The van der Waals surface area contributed by atoms with Gasteiger partial charge in [-0.25, -0.2) is 0 Å². The lowest BCUT2D eigenvalue weighted by atomic mass is 9.97. The van der Waals surface area contributed by atoms with Gasteiger partial charge in [0.25, 0.3) is 5.91 Å². The number of carbonyl (C=O) groups excluding carboxylic acids is 2. The third-order valence-electron chi connectivity index (χ3n) is 4.61. The average Bonchev–Trinajstić information content (AvgIpc) is 2.73. The van der Waals surface area contributed by atoms with E-state index >= 15 is 0 Å². The van der Waals surface area contributed by atoms with Crippen LogP contribution < -0.4 is 11.1 Å². The van der Waals surface area contributed by atoms with E-state index in [1.165, 1.54) is 12.1 Å². The molecule has 0 saturated heterocycles. The van der Waals surface area contributed by atoms with Gasteiger partial charge in [-0.1, -0.05) is 60.7 Å². The quantitative estimate of drug-likeness (QED) is 0.615. The van der Waals surface area contributed by atoms with E-state index in [9.17, 15) is 22.8 Å². The highest BCUT2D eigenvalue weighted by Crippen LogP contribution is 2.32. The van der Waals surface area contributed by atoms with Crippen molar-refractivity contribution < 1.29 is 22.8 Å². The lowest BCUT2D eigenvalue weighted by Gasteiger charge is -2.19. The maximum Gasteiger partial charge on any atom is 0.416 e. The van der Waals surface area contributed by atoms with Crippen LogP contribution in [0.2, 0.25) is 0 Å².